The van der Waals surface area contributed by atoms with Gasteiger partial charge in [-0.05, 0) is 54.0 Å². The number of pyridine rings is 1. The Hall–Kier alpha value is -4.01. The number of morpholine rings is 1. The van der Waals surface area contributed by atoms with Crippen molar-refractivity contribution in [2.75, 3.05) is 38.6 Å². The van der Waals surface area contributed by atoms with Crippen molar-refractivity contribution in [3.05, 3.63) is 83.7 Å². The van der Waals surface area contributed by atoms with E-state index in [2.05, 4.69) is 31.7 Å². The minimum atomic E-state index is -0.0477. The number of benzene rings is 2. The summed E-state index contributed by atoms with van der Waals surface area (Å²) in [7, 11) is 0. The van der Waals surface area contributed by atoms with E-state index in [9.17, 15) is 4.79 Å². The Morgan fingerprint density at radius 3 is 2.63 bits per heavy atom. The fourth-order valence-electron chi connectivity index (χ4n) is 6.03. The second-order valence-electron chi connectivity index (χ2n) is 10.4. The molecule has 0 radical (unpaired) electrons. The highest BCUT2D eigenvalue weighted by Crippen LogP contribution is 2.43. The highest BCUT2D eigenvalue weighted by molar-refractivity contribution is 6.02. The zero-order valence-electron chi connectivity index (χ0n) is 21.2. The lowest BCUT2D eigenvalue weighted by molar-refractivity contribution is 0.0182. The van der Waals surface area contributed by atoms with E-state index in [0.717, 1.165) is 78.9 Å². The molecule has 0 unspecified atom stereocenters. The highest BCUT2D eigenvalue weighted by Gasteiger charge is 2.34. The third-order valence-corrected chi connectivity index (χ3v) is 8.11. The minimum Gasteiger partial charge on any atom is -0.383 e. The van der Waals surface area contributed by atoms with Crippen LogP contribution in [0.1, 0.15) is 18.9 Å². The highest BCUT2D eigenvalue weighted by atomic mass is 16.5. The standard InChI is InChI=1S/C30H30N6O2/c31-28-27-26(22-7-6-21-8-9-35(30(37)25(21)16-22)23-4-2-1-3-5-23)18-36(29(27)33-19-32-28)24-14-20(15-24)17-34-10-12-38-13-11-34/h1-9,16,18-20,24H,10-15,17H2,(H2,31,32,33). The summed E-state index contributed by atoms with van der Waals surface area (Å²) >= 11 is 0. The lowest BCUT2D eigenvalue weighted by atomic mass is 9.79. The molecule has 0 bridgehead atoms. The summed E-state index contributed by atoms with van der Waals surface area (Å²) in [6, 6.07) is 18.1. The molecule has 8 nitrogen and oxygen atoms in total. The van der Waals surface area contributed by atoms with E-state index in [1.54, 1.807) is 10.9 Å². The SMILES string of the molecule is Nc1ncnc2c1c(-c1ccc3ccn(-c4ccccc4)c(=O)c3c1)cn2C1CC(CN2CCOCC2)C1. The number of anilines is 1. The van der Waals surface area contributed by atoms with Crippen LogP contribution in [-0.2, 0) is 4.74 Å². The van der Waals surface area contributed by atoms with E-state index in [0.29, 0.717) is 23.2 Å². The second kappa shape index (κ2) is 9.38. The predicted octanol–water partition coefficient (Wildman–Crippen LogP) is 4.27. The Morgan fingerprint density at radius 2 is 1.82 bits per heavy atom. The molecule has 2 aromatic carbocycles. The Morgan fingerprint density at radius 1 is 1.00 bits per heavy atom. The van der Waals surface area contributed by atoms with E-state index >= 15 is 0 Å². The summed E-state index contributed by atoms with van der Waals surface area (Å²) in [5.74, 6) is 1.14. The van der Waals surface area contributed by atoms with Gasteiger partial charge < -0.3 is 15.0 Å². The van der Waals surface area contributed by atoms with Gasteiger partial charge in [0, 0.05) is 54.7 Å². The van der Waals surface area contributed by atoms with Crippen molar-refractivity contribution in [3.8, 4) is 16.8 Å². The molecule has 0 spiro atoms. The molecule has 1 saturated carbocycles. The molecular formula is C30H30N6O2. The normalized spacial score (nSPS) is 20.1. The number of rotatable bonds is 5. The number of hydrogen-bond donors (Lipinski definition) is 1. The predicted molar refractivity (Wildman–Crippen MR) is 149 cm³/mol. The average Bonchev–Trinajstić information content (AvgIpc) is 3.32. The van der Waals surface area contributed by atoms with E-state index in [1.165, 1.54) is 0 Å². The van der Waals surface area contributed by atoms with Gasteiger partial charge >= 0.3 is 0 Å². The van der Waals surface area contributed by atoms with Gasteiger partial charge in [0.15, 0.2) is 0 Å². The maximum Gasteiger partial charge on any atom is 0.262 e. The summed E-state index contributed by atoms with van der Waals surface area (Å²) in [5, 5.41) is 2.42. The van der Waals surface area contributed by atoms with E-state index in [-0.39, 0.29) is 5.56 Å². The van der Waals surface area contributed by atoms with Crippen LogP contribution in [-0.4, -0.2) is 56.9 Å². The summed E-state index contributed by atoms with van der Waals surface area (Å²) < 4.78 is 9.46. The number of fused-ring (bicyclic) bond motifs is 2. The van der Waals surface area contributed by atoms with Gasteiger partial charge in [0.1, 0.15) is 17.8 Å². The fourth-order valence-corrected chi connectivity index (χ4v) is 6.03. The van der Waals surface area contributed by atoms with Crippen molar-refractivity contribution in [2.24, 2.45) is 5.92 Å². The number of nitrogens with two attached hydrogens (primary N) is 1. The second-order valence-corrected chi connectivity index (χ2v) is 10.4. The fraction of sp³-hybridized carbons (Fsp3) is 0.300. The quantitative estimate of drug-likeness (QED) is 0.383. The van der Waals surface area contributed by atoms with Crippen LogP contribution in [0.3, 0.4) is 0 Å². The van der Waals surface area contributed by atoms with Crippen LogP contribution in [0.4, 0.5) is 5.82 Å². The van der Waals surface area contributed by atoms with Crippen LogP contribution in [0, 0.1) is 5.92 Å². The minimum absolute atomic E-state index is 0.0477. The molecular weight excluding hydrogens is 476 g/mol. The van der Waals surface area contributed by atoms with Crippen LogP contribution in [0.5, 0.6) is 0 Å². The number of hydrogen-bond acceptors (Lipinski definition) is 6. The lowest BCUT2D eigenvalue weighted by Gasteiger charge is -2.40. The van der Waals surface area contributed by atoms with Gasteiger partial charge in [-0.3, -0.25) is 14.3 Å². The van der Waals surface area contributed by atoms with Crippen LogP contribution in [0.25, 0.3) is 38.6 Å². The first-order valence-electron chi connectivity index (χ1n) is 13.3. The van der Waals surface area contributed by atoms with Crippen LogP contribution in [0.2, 0.25) is 0 Å². The molecule has 1 aliphatic heterocycles. The summed E-state index contributed by atoms with van der Waals surface area (Å²) in [6.45, 7) is 4.84. The van der Waals surface area contributed by atoms with Gasteiger partial charge in [0.25, 0.3) is 5.56 Å². The van der Waals surface area contributed by atoms with Gasteiger partial charge in [-0.15, -0.1) is 0 Å². The molecule has 7 rings (SSSR count). The van der Waals surface area contributed by atoms with Gasteiger partial charge in [-0.2, -0.15) is 0 Å². The molecule has 1 aliphatic carbocycles. The number of para-hydroxylation sites is 1. The van der Waals surface area contributed by atoms with E-state index in [4.69, 9.17) is 10.5 Å². The zero-order chi connectivity index (χ0) is 25.6. The molecule has 0 amide bonds. The average molecular weight is 507 g/mol. The molecule has 192 valence electrons. The Labute approximate surface area is 220 Å². The van der Waals surface area contributed by atoms with Crippen molar-refractivity contribution in [1.29, 1.82) is 0 Å². The summed E-state index contributed by atoms with van der Waals surface area (Å²) in [5.41, 5.74) is 9.97. The van der Waals surface area contributed by atoms with Crippen molar-refractivity contribution in [3.63, 3.8) is 0 Å². The van der Waals surface area contributed by atoms with E-state index in [1.807, 2.05) is 54.7 Å². The maximum atomic E-state index is 13.5. The van der Waals surface area contributed by atoms with Gasteiger partial charge in [-0.1, -0.05) is 30.3 Å². The smallest absolute Gasteiger partial charge is 0.262 e. The Bertz CT molecular complexity index is 1680. The molecule has 2 aliphatic rings. The monoisotopic (exact) mass is 506 g/mol. The summed E-state index contributed by atoms with van der Waals surface area (Å²) in [6.07, 6.45) is 7.77. The number of nitrogens with zero attached hydrogens (tertiary/aromatic N) is 5. The molecule has 8 heteroatoms. The molecule has 5 aromatic rings. The number of nitrogen functional groups attached to an aromatic ring is 1. The van der Waals surface area contributed by atoms with Crippen LogP contribution >= 0.6 is 0 Å². The van der Waals surface area contributed by atoms with E-state index < -0.39 is 0 Å². The van der Waals surface area contributed by atoms with Gasteiger partial charge in [0.2, 0.25) is 0 Å². The third-order valence-electron chi connectivity index (χ3n) is 8.11. The number of ether oxygens (including phenoxy) is 1. The Balaban J connectivity index is 1.25. The van der Waals surface area contributed by atoms with Gasteiger partial charge in [0.05, 0.1) is 18.6 Å². The first kappa shape index (κ1) is 23.1. The molecule has 4 heterocycles. The molecule has 2 N–H and O–H groups in total. The van der Waals surface area contributed by atoms with Crippen molar-refractivity contribution in [1.82, 2.24) is 24.0 Å². The third kappa shape index (κ3) is 3.97. The van der Waals surface area contributed by atoms with Crippen LogP contribution < -0.4 is 11.3 Å². The zero-order valence-corrected chi connectivity index (χ0v) is 21.2. The molecule has 1 saturated heterocycles. The lowest BCUT2D eigenvalue weighted by Crippen LogP contribution is -2.42. The largest absolute Gasteiger partial charge is 0.383 e. The molecule has 38 heavy (non-hydrogen) atoms. The molecule has 2 fully saturated rings. The summed E-state index contributed by atoms with van der Waals surface area (Å²) in [4.78, 5) is 25.0. The van der Waals surface area contributed by atoms with Crippen molar-refractivity contribution >= 4 is 27.6 Å². The first-order chi connectivity index (χ1) is 18.7. The Kier molecular flexibility index (Phi) is 5.71. The maximum absolute atomic E-state index is 13.5. The molecule has 3 aromatic heterocycles. The molecule has 0 atom stereocenters. The number of aromatic nitrogens is 4. The van der Waals surface area contributed by atoms with Crippen molar-refractivity contribution < 1.29 is 4.74 Å². The van der Waals surface area contributed by atoms with Gasteiger partial charge in [-0.25, -0.2) is 9.97 Å². The van der Waals surface area contributed by atoms with Crippen molar-refractivity contribution in [2.45, 2.75) is 18.9 Å². The first-order valence-corrected chi connectivity index (χ1v) is 13.3. The topological polar surface area (TPSA) is 91.2 Å². The van der Waals surface area contributed by atoms with Crippen LogP contribution in [0.15, 0.2) is 78.1 Å².